The van der Waals surface area contributed by atoms with E-state index in [1.54, 1.807) is 0 Å². The molecule has 4 nitrogen and oxygen atoms in total. The zero-order valence-electron chi connectivity index (χ0n) is 10.8. The lowest BCUT2D eigenvalue weighted by molar-refractivity contribution is -0.133. The molecule has 0 atom stereocenters. The summed E-state index contributed by atoms with van der Waals surface area (Å²) in [5.74, 6) is -1.83. The topological polar surface area (TPSA) is 74.6 Å². The molecule has 0 spiro atoms. The second kappa shape index (κ2) is 9.45. The Hall–Kier alpha value is -1.58. The van der Waals surface area contributed by atoms with E-state index in [9.17, 15) is 9.59 Å². The number of hydrogen-bond donors (Lipinski definition) is 2. The highest BCUT2D eigenvalue weighted by molar-refractivity contribution is 5.85. The third-order valence-corrected chi connectivity index (χ3v) is 2.81. The molecule has 2 N–H and O–H groups in total. The zero-order valence-corrected chi connectivity index (χ0v) is 10.8. The molecule has 0 amide bonds. The maximum absolute atomic E-state index is 10.5. The second-order valence-corrected chi connectivity index (χ2v) is 4.44. The number of unbranched alkanes of at least 4 members (excludes halogenated alkanes) is 5. The van der Waals surface area contributed by atoms with E-state index in [0.29, 0.717) is 12.8 Å². The molecule has 0 fully saturated rings. The highest BCUT2D eigenvalue weighted by Gasteiger charge is 2.04. The lowest BCUT2D eigenvalue weighted by Gasteiger charge is -2.02. The summed E-state index contributed by atoms with van der Waals surface area (Å²) in [6, 6.07) is 0. The van der Waals surface area contributed by atoms with Gasteiger partial charge in [0, 0.05) is 11.1 Å². The molecule has 0 aromatic heterocycles. The first kappa shape index (κ1) is 16.4. The van der Waals surface area contributed by atoms with Crippen LogP contribution in [-0.2, 0) is 9.59 Å². The van der Waals surface area contributed by atoms with Crippen LogP contribution in [0.2, 0.25) is 0 Å². The molecule has 18 heavy (non-hydrogen) atoms. The van der Waals surface area contributed by atoms with Gasteiger partial charge in [-0.15, -0.1) is 0 Å². The van der Waals surface area contributed by atoms with Crippen LogP contribution >= 0.6 is 0 Å². The van der Waals surface area contributed by atoms with Gasteiger partial charge < -0.3 is 10.2 Å². The SMILES string of the molecule is C=C(CCCCCCCCC(=C)C(=O)O)C(=O)O. The van der Waals surface area contributed by atoms with Gasteiger partial charge in [-0.3, -0.25) is 0 Å². The van der Waals surface area contributed by atoms with Crippen molar-refractivity contribution < 1.29 is 19.8 Å². The van der Waals surface area contributed by atoms with Crippen molar-refractivity contribution in [3.63, 3.8) is 0 Å². The Balaban J connectivity index is 3.32. The first-order valence-electron chi connectivity index (χ1n) is 6.27. The summed E-state index contributed by atoms with van der Waals surface area (Å²) in [4.78, 5) is 20.9. The molecule has 0 saturated heterocycles. The fourth-order valence-corrected chi connectivity index (χ4v) is 1.60. The molecule has 0 rings (SSSR count). The van der Waals surface area contributed by atoms with E-state index < -0.39 is 11.9 Å². The summed E-state index contributed by atoms with van der Waals surface area (Å²) < 4.78 is 0. The molecule has 4 heteroatoms. The second-order valence-electron chi connectivity index (χ2n) is 4.44. The summed E-state index contributed by atoms with van der Waals surface area (Å²) in [5.41, 5.74) is 0.542. The quantitative estimate of drug-likeness (QED) is 0.438. The van der Waals surface area contributed by atoms with E-state index in [1.807, 2.05) is 0 Å². The van der Waals surface area contributed by atoms with Gasteiger partial charge in [0.15, 0.2) is 0 Å². The van der Waals surface area contributed by atoms with Crippen molar-refractivity contribution in [1.82, 2.24) is 0 Å². The van der Waals surface area contributed by atoms with Crippen molar-refractivity contribution in [3.8, 4) is 0 Å². The largest absolute Gasteiger partial charge is 0.478 e. The van der Waals surface area contributed by atoms with Crippen LogP contribution in [-0.4, -0.2) is 22.2 Å². The fraction of sp³-hybridized carbons (Fsp3) is 0.571. The number of hydrogen-bond acceptors (Lipinski definition) is 2. The van der Waals surface area contributed by atoms with Crippen LogP contribution in [0, 0.1) is 0 Å². The zero-order chi connectivity index (χ0) is 14.0. The molecular weight excluding hydrogens is 232 g/mol. The summed E-state index contributed by atoms with van der Waals surface area (Å²) >= 11 is 0. The Kier molecular flexibility index (Phi) is 8.62. The molecule has 0 aliphatic heterocycles. The molecule has 102 valence electrons. The maximum Gasteiger partial charge on any atom is 0.330 e. The summed E-state index contributed by atoms with van der Waals surface area (Å²) in [6.45, 7) is 6.94. The van der Waals surface area contributed by atoms with E-state index in [-0.39, 0.29) is 11.1 Å². The van der Waals surface area contributed by atoms with E-state index in [0.717, 1.165) is 38.5 Å². The first-order valence-corrected chi connectivity index (χ1v) is 6.27. The van der Waals surface area contributed by atoms with Crippen LogP contribution in [0.4, 0.5) is 0 Å². The van der Waals surface area contributed by atoms with E-state index in [4.69, 9.17) is 10.2 Å². The molecular formula is C14H22O4. The summed E-state index contributed by atoms with van der Waals surface area (Å²) in [6.07, 6.45) is 6.88. The van der Waals surface area contributed by atoms with Crippen LogP contribution in [0.5, 0.6) is 0 Å². The molecule has 0 bridgehead atoms. The minimum atomic E-state index is -0.915. The standard InChI is InChI=1S/C14H22O4/c1-11(13(15)16)9-7-5-3-4-6-8-10-12(2)14(17)18/h1-10H2,(H,15,16)(H,17,18). The van der Waals surface area contributed by atoms with Gasteiger partial charge in [0.1, 0.15) is 0 Å². The van der Waals surface area contributed by atoms with Crippen LogP contribution in [0.25, 0.3) is 0 Å². The van der Waals surface area contributed by atoms with Gasteiger partial charge in [0.25, 0.3) is 0 Å². The van der Waals surface area contributed by atoms with Crippen LogP contribution in [0.1, 0.15) is 51.4 Å². The highest BCUT2D eigenvalue weighted by Crippen LogP contribution is 2.13. The Morgan fingerprint density at radius 2 is 0.944 bits per heavy atom. The van der Waals surface area contributed by atoms with Gasteiger partial charge in [0.05, 0.1) is 0 Å². The molecule has 0 aliphatic rings. The minimum absolute atomic E-state index is 0.271. The van der Waals surface area contributed by atoms with Gasteiger partial charge in [-0.2, -0.15) is 0 Å². The smallest absolute Gasteiger partial charge is 0.330 e. The number of rotatable bonds is 11. The Bertz CT molecular complexity index is 286. The monoisotopic (exact) mass is 254 g/mol. The lowest BCUT2D eigenvalue weighted by Crippen LogP contribution is -1.99. The van der Waals surface area contributed by atoms with Gasteiger partial charge in [-0.05, 0) is 25.7 Å². The van der Waals surface area contributed by atoms with Gasteiger partial charge in [-0.1, -0.05) is 38.8 Å². The fourth-order valence-electron chi connectivity index (χ4n) is 1.60. The van der Waals surface area contributed by atoms with Gasteiger partial charge in [-0.25, -0.2) is 9.59 Å². The van der Waals surface area contributed by atoms with Crippen molar-refractivity contribution in [2.45, 2.75) is 51.4 Å². The average molecular weight is 254 g/mol. The van der Waals surface area contributed by atoms with Gasteiger partial charge in [0.2, 0.25) is 0 Å². The third-order valence-electron chi connectivity index (χ3n) is 2.81. The molecule has 0 aliphatic carbocycles. The van der Waals surface area contributed by atoms with Crippen molar-refractivity contribution in [2.24, 2.45) is 0 Å². The third kappa shape index (κ3) is 8.56. The van der Waals surface area contributed by atoms with Gasteiger partial charge >= 0.3 is 11.9 Å². The van der Waals surface area contributed by atoms with E-state index >= 15 is 0 Å². The van der Waals surface area contributed by atoms with Crippen LogP contribution in [0.15, 0.2) is 24.3 Å². The Morgan fingerprint density at radius 1 is 0.667 bits per heavy atom. The van der Waals surface area contributed by atoms with E-state index in [1.165, 1.54) is 0 Å². The molecule has 0 heterocycles. The summed E-state index contributed by atoms with van der Waals surface area (Å²) in [7, 11) is 0. The minimum Gasteiger partial charge on any atom is -0.478 e. The highest BCUT2D eigenvalue weighted by atomic mass is 16.4. The first-order chi connectivity index (χ1) is 8.45. The van der Waals surface area contributed by atoms with Crippen LogP contribution in [0.3, 0.4) is 0 Å². The van der Waals surface area contributed by atoms with Crippen molar-refractivity contribution in [1.29, 1.82) is 0 Å². The average Bonchev–Trinajstić information content (AvgIpc) is 2.31. The van der Waals surface area contributed by atoms with Crippen molar-refractivity contribution >= 4 is 11.9 Å². The number of carbonyl (C=O) groups is 2. The molecule has 0 aromatic carbocycles. The van der Waals surface area contributed by atoms with Crippen LogP contribution < -0.4 is 0 Å². The lowest BCUT2D eigenvalue weighted by atomic mass is 10.0. The maximum atomic E-state index is 10.5. The number of carboxylic acids is 2. The van der Waals surface area contributed by atoms with Crippen molar-refractivity contribution in [3.05, 3.63) is 24.3 Å². The van der Waals surface area contributed by atoms with E-state index in [2.05, 4.69) is 13.2 Å². The Labute approximate surface area is 108 Å². The molecule has 0 unspecified atom stereocenters. The normalized spacial score (nSPS) is 10.0. The predicted octanol–water partition coefficient (Wildman–Crippen LogP) is 3.39. The molecule has 0 aromatic rings. The Morgan fingerprint density at radius 3 is 1.22 bits per heavy atom. The molecule has 0 saturated carbocycles. The number of carboxylic acid groups (broad SMARTS) is 2. The summed E-state index contributed by atoms with van der Waals surface area (Å²) in [5, 5.41) is 17.2. The predicted molar refractivity (Wildman–Crippen MR) is 70.5 cm³/mol. The molecule has 0 radical (unpaired) electrons. The van der Waals surface area contributed by atoms with Crippen molar-refractivity contribution in [2.75, 3.05) is 0 Å². The number of aliphatic carboxylic acids is 2.